The number of nitrogens with one attached hydrogen (secondary N) is 1. The Bertz CT molecular complexity index is 494. The van der Waals surface area contributed by atoms with Crippen molar-refractivity contribution in [1.29, 1.82) is 0 Å². The SMILES string of the molecule is CC(C)COc1ccccc1CNc1ccccc1. The highest BCUT2D eigenvalue weighted by Gasteiger charge is 2.03. The number of benzene rings is 2. The van der Waals surface area contributed by atoms with Gasteiger partial charge in [-0.25, -0.2) is 0 Å². The molecule has 0 radical (unpaired) electrons. The maximum Gasteiger partial charge on any atom is 0.124 e. The van der Waals surface area contributed by atoms with E-state index in [0.29, 0.717) is 5.92 Å². The van der Waals surface area contributed by atoms with E-state index < -0.39 is 0 Å². The zero-order valence-corrected chi connectivity index (χ0v) is 11.6. The number of ether oxygens (including phenoxy) is 1. The second-order valence-corrected chi connectivity index (χ2v) is 5.03. The number of hydrogen-bond donors (Lipinski definition) is 1. The maximum atomic E-state index is 5.85. The fourth-order valence-corrected chi connectivity index (χ4v) is 1.80. The third-order valence-electron chi connectivity index (χ3n) is 2.80. The van der Waals surface area contributed by atoms with Crippen LogP contribution in [0.15, 0.2) is 54.6 Å². The summed E-state index contributed by atoms with van der Waals surface area (Å²) in [6.07, 6.45) is 0. The van der Waals surface area contributed by atoms with E-state index >= 15 is 0 Å². The van der Waals surface area contributed by atoms with Crippen LogP contribution in [0.5, 0.6) is 5.75 Å². The van der Waals surface area contributed by atoms with Crippen LogP contribution in [0.2, 0.25) is 0 Å². The molecule has 0 heterocycles. The third kappa shape index (κ3) is 4.32. The van der Waals surface area contributed by atoms with Crippen molar-refractivity contribution in [3.63, 3.8) is 0 Å². The van der Waals surface area contributed by atoms with Gasteiger partial charge in [0.25, 0.3) is 0 Å². The van der Waals surface area contributed by atoms with E-state index in [4.69, 9.17) is 4.74 Å². The summed E-state index contributed by atoms with van der Waals surface area (Å²) in [5.74, 6) is 1.51. The second kappa shape index (κ2) is 6.83. The van der Waals surface area contributed by atoms with Gasteiger partial charge in [-0.05, 0) is 24.1 Å². The zero-order chi connectivity index (χ0) is 13.5. The highest BCUT2D eigenvalue weighted by Crippen LogP contribution is 2.20. The number of hydrogen-bond acceptors (Lipinski definition) is 2. The Morgan fingerprint density at radius 3 is 2.37 bits per heavy atom. The molecule has 2 aromatic carbocycles. The first-order valence-corrected chi connectivity index (χ1v) is 6.75. The van der Waals surface area contributed by atoms with Gasteiger partial charge in [-0.15, -0.1) is 0 Å². The lowest BCUT2D eigenvalue weighted by Gasteiger charge is -2.14. The van der Waals surface area contributed by atoms with E-state index in [1.54, 1.807) is 0 Å². The van der Waals surface area contributed by atoms with Crippen LogP contribution in [0.4, 0.5) is 5.69 Å². The Morgan fingerprint density at radius 2 is 1.63 bits per heavy atom. The predicted octanol–water partition coefficient (Wildman–Crippen LogP) is 4.33. The molecule has 0 unspecified atom stereocenters. The molecular formula is C17H21NO. The van der Waals surface area contributed by atoms with Crippen molar-refractivity contribution in [2.24, 2.45) is 5.92 Å². The van der Waals surface area contributed by atoms with E-state index in [2.05, 4.69) is 37.4 Å². The Labute approximate surface area is 115 Å². The van der Waals surface area contributed by atoms with Gasteiger partial charge < -0.3 is 10.1 Å². The van der Waals surface area contributed by atoms with Crippen LogP contribution in [-0.2, 0) is 6.54 Å². The van der Waals surface area contributed by atoms with Crippen molar-refractivity contribution < 1.29 is 4.74 Å². The average Bonchev–Trinajstić information content (AvgIpc) is 2.45. The normalized spacial score (nSPS) is 10.5. The molecule has 2 rings (SSSR count). The molecule has 0 spiro atoms. The minimum Gasteiger partial charge on any atom is -0.493 e. The van der Waals surface area contributed by atoms with Crippen LogP contribution < -0.4 is 10.1 Å². The molecule has 0 amide bonds. The molecule has 2 heteroatoms. The van der Waals surface area contributed by atoms with Crippen LogP contribution in [-0.4, -0.2) is 6.61 Å². The van der Waals surface area contributed by atoms with Gasteiger partial charge in [-0.1, -0.05) is 50.2 Å². The van der Waals surface area contributed by atoms with Crippen molar-refractivity contribution >= 4 is 5.69 Å². The van der Waals surface area contributed by atoms with Crippen molar-refractivity contribution in [2.75, 3.05) is 11.9 Å². The van der Waals surface area contributed by atoms with E-state index in [0.717, 1.165) is 24.6 Å². The fourth-order valence-electron chi connectivity index (χ4n) is 1.80. The standard InChI is InChI=1S/C17H21NO/c1-14(2)13-19-17-11-7-6-8-15(17)12-18-16-9-4-3-5-10-16/h3-11,14,18H,12-13H2,1-2H3. The Balaban J connectivity index is 1.99. The number of para-hydroxylation sites is 2. The minimum atomic E-state index is 0.537. The molecule has 0 bridgehead atoms. The molecule has 1 N–H and O–H groups in total. The molecule has 0 aromatic heterocycles. The molecule has 0 fully saturated rings. The van der Waals surface area contributed by atoms with E-state index in [1.807, 2.05) is 36.4 Å². The summed E-state index contributed by atoms with van der Waals surface area (Å²) in [4.78, 5) is 0. The monoisotopic (exact) mass is 255 g/mol. The third-order valence-corrected chi connectivity index (χ3v) is 2.80. The van der Waals surface area contributed by atoms with Crippen molar-refractivity contribution in [3.05, 3.63) is 60.2 Å². The Morgan fingerprint density at radius 1 is 0.947 bits per heavy atom. The van der Waals surface area contributed by atoms with E-state index in [-0.39, 0.29) is 0 Å². The molecule has 0 saturated heterocycles. The van der Waals surface area contributed by atoms with Crippen LogP contribution in [0.25, 0.3) is 0 Å². The summed E-state index contributed by atoms with van der Waals surface area (Å²) >= 11 is 0. The van der Waals surface area contributed by atoms with Crippen LogP contribution in [0.3, 0.4) is 0 Å². The first kappa shape index (κ1) is 13.5. The molecule has 0 saturated carbocycles. The van der Waals surface area contributed by atoms with Gasteiger partial charge in [0.2, 0.25) is 0 Å². The fraction of sp³-hybridized carbons (Fsp3) is 0.294. The molecule has 100 valence electrons. The topological polar surface area (TPSA) is 21.3 Å². The van der Waals surface area contributed by atoms with Crippen molar-refractivity contribution in [3.8, 4) is 5.75 Å². The smallest absolute Gasteiger partial charge is 0.124 e. The van der Waals surface area contributed by atoms with Gasteiger partial charge in [0.1, 0.15) is 5.75 Å². The summed E-state index contributed by atoms with van der Waals surface area (Å²) in [7, 11) is 0. The summed E-state index contributed by atoms with van der Waals surface area (Å²) in [5.41, 5.74) is 2.31. The lowest BCUT2D eigenvalue weighted by atomic mass is 10.2. The number of rotatable bonds is 6. The van der Waals surface area contributed by atoms with Gasteiger partial charge >= 0.3 is 0 Å². The van der Waals surface area contributed by atoms with Crippen molar-refractivity contribution in [1.82, 2.24) is 0 Å². The summed E-state index contributed by atoms with van der Waals surface area (Å²) in [6, 6.07) is 18.4. The summed E-state index contributed by atoms with van der Waals surface area (Å²) < 4.78 is 5.85. The quantitative estimate of drug-likeness (QED) is 0.829. The van der Waals surface area contributed by atoms with Gasteiger partial charge in [-0.2, -0.15) is 0 Å². The van der Waals surface area contributed by atoms with E-state index in [1.165, 1.54) is 5.56 Å². The molecule has 0 atom stereocenters. The van der Waals surface area contributed by atoms with Gasteiger partial charge in [0.15, 0.2) is 0 Å². The van der Waals surface area contributed by atoms with E-state index in [9.17, 15) is 0 Å². The molecule has 19 heavy (non-hydrogen) atoms. The highest BCUT2D eigenvalue weighted by atomic mass is 16.5. The highest BCUT2D eigenvalue weighted by molar-refractivity contribution is 5.44. The first-order chi connectivity index (χ1) is 9.25. The Kier molecular flexibility index (Phi) is 4.85. The predicted molar refractivity (Wildman–Crippen MR) is 80.5 cm³/mol. The van der Waals surface area contributed by atoms with Gasteiger partial charge in [0.05, 0.1) is 6.61 Å². The maximum absolute atomic E-state index is 5.85. The molecule has 0 aliphatic heterocycles. The Hall–Kier alpha value is -1.96. The lowest BCUT2D eigenvalue weighted by Crippen LogP contribution is -2.08. The second-order valence-electron chi connectivity index (χ2n) is 5.03. The molecule has 0 aliphatic carbocycles. The lowest BCUT2D eigenvalue weighted by molar-refractivity contribution is 0.269. The van der Waals surface area contributed by atoms with Gasteiger partial charge in [0, 0.05) is 17.8 Å². The summed E-state index contributed by atoms with van der Waals surface area (Å²) in [5, 5.41) is 3.41. The van der Waals surface area contributed by atoms with Gasteiger partial charge in [-0.3, -0.25) is 0 Å². The number of anilines is 1. The summed E-state index contributed by atoms with van der Waals surface area (Å²) in [6.45, 7) is 5.84. The zero-order valence-electron chi connectivity index (χ0n) is 11.6. The molecule has 2 aromatic rings. The molecule has 2 nitrogen and oxygen atoms in total. The first-order valence-electron chi connectivity index (χ1n) is 6.75. The van der Waals surface area contributed by atoms with Crippen molar-refractivity contribution in [2.45, 2.75) is 20.4 Å². The molecular weight excluding hydrogens is 234 g/mol. The largest absolute Gasteiger partial charge is 0.493 e. The van der Waals surface area contributed by atoms with Crippen LogP contribution in [0, 0.1) is 5.92 Å². The minimum absolute atomic E-state index is 0.537. The molecule has 0 aliphatic rings. The van der Waals surface area contributed by atoms with Crippen LogP contribution in [0.1, 0.15) is 19.4 Å². The average molecular weight is 255 g/mol. The van der Waals surface area contributed by atoms with Crippen LogP contribution >= 0.6 is 0 Å².